The molecule has 3 heteroatoms. The lowest BCUT2D eigenvalue weighted by Gasteiger charge is -1.96. The van der Waals surface area contributed by atoms with Crippen LogP contribution in [0.4, 0.5) is 4.39 Å². The third-order valence-electron chi connectivity index (χ3n) is 2.33. The zero-order valence-corrected chi connectivity index (χ0v) is 9.68. The number of carbonyl (C=O) groups is 1. The Bertz CT molecular complexity index is 499. The smallest absolute Gasteiger partial charge is 0.172 e. The first-order valence-corrected chi connectivity index (χ1v) is 5.91. The van der Waals surface area contributed by atoms with E-state index in [2.05, 4.69) is 0 Å². The van der Waals surface area contributed by atoms with Crippen molar-refractivity contribution in [3.8, 4) is 10.4 Å². The molecule has 1 heterocycles. The second-order valence-electron chi connectivity index (χ2n) is 3.45. The normalized spacial score (nSPS) is 10.4. The van der Waals surface area contributed by atoms with Crippen molar-refractivity contribution in [1.82, 2.24) is 0 Å². The maximum Gasteiger partial charge on any atom is 0.172 e. The number of thiophene rings is 1. The molecule has 0 atom stereocenters. The van der Waals surface area contributed by atoms with E-state index in [4.69, 9.17) is 0 Å². The highest BCUT2D eigenvalue weighted by atomic mass is 32.1. The minimum absolute atomic E-state index is 0.151. The fourth-order valence-electron chi connectivity index (χ4n) is 1.43. The highest BCUT2D eigenvalue weighted by Crippen LogP contribution is 2.28. The van der Waals surface area contributed by atoms with E-state index in [9.17, 15) is 9.18 Å². The van der Waals surface area contributed by atoms with Crippen LogP contribution in [0.1, 0.15) is 23.0 Å². The quantitative estimate of drug-likeness (QED) is 0.729. The van der Waals surface area contributed by atoms with Gasteiger partial charge in [0.05, 0.1) is 4.88 Å². The molecule has 0 saturated heterocycles. The third-order valence-corrected chi connectivity index (χ3v) is 3.51. The number of ketones is 1. The molecule has 16 heavy (non-hydrogen) atoms. The van der Waals surface area contributed by atoms with Crippen LogP contribution < -0.4 is 0 Å². The zero-order chi connectivity index (χ0) is 11.5. The van der Waals surface area contributed by atoms with Crippen LogP contribution in [0, 0.1) is 5.82 Å². The Hall–Kier alpha value is -1.48. The summed E-state index contributed by atoms with van der Waals surface area (Å²) in [5.74, 6) is -0.0940. The van der Waals surface area contributed by atoms with E-state index in [0.717, 1.165) is 15.3 Å². The summed E-state index contributed by atoms with van der Waals surface area (Å²) in [6.45, 7) is 1.85. The molecule has 0 unspecified atom stereocenters. The number of rotatable bonds is 3. The fourth-order valence-corrected chi connectivity index (χ4v) is 2.45. The van der Waals surface area contributed by atoms with Gasteiger partial charge in [-0.1, -0.05) is 19.1 Å². The van der Waals surface area contributed by atoms with Gasteiger partial charge in [-0.2, -0.15) is 0 Å². The summed E-state index contributed by atoms with van der Waals surface area (Å²) < 4.78 is 12.7. The van der Waals surface area contributed by atoms with Crippen molar-refractivity contribution >= 4 is 17.1 Å². The predicted molar refractivity (Wildman–Crippen MR) is 64.3 cm³/mol. The second-order valence-corrected chi connectivity index (χ2v) is 4.53. The van der Waals surface area contributed by atoms with E-state index in [1.54, 1.807) is 12.1 Å². The number of hydrogen-bond acceptors (Lipinski definition) is 2. The van der Waals surface area contributed by atoms with E-state index in [0.29, 0.717) is 6.42 Å². The number of Topliss-reactive ketones (excluding diaryl/α,β-unsaturated/α-hetero) is 1. The van der Waals surface area contributed by atoms with Crippen molar-refractivity contribution in [2.75, 3.05) is 0 Å². The number of benzene rings is 1. The number of halogens is 1. The van der Waals surface area contributed by atoms with E-state index < -0.39 is 0 Å². The van der Waals surface area contributed by atoms with Gasteiger partial charge in [-0.15, -0.1) is 11.3 Å². The van der Waals surface area contributed by atoms with Crippen LogP contribution in [0.2, 0.25) is 0 Å². The zero-order valence-electron chi connectivity index (χ0n) is 8.87. The van der Waals surface area contributed by atoms with Gasteiger partial charge in [0, 0.05) is 11.3 Å². The van der Waals surface area contributed by atoms with Gasteiger partial charge in [-0.25, -0.2) is 4.39 Å². The maximum atomic E-state index is 12.7. The molecule has 0 aliphatic rings. The number of hydrogen-bond donors (Lipinski definition) is 0. The van der Waals surface area contributed by atoms with E-state index in [1.165, 1.54) is 23.5 Å². The van der Waals surface area contributed by atoms with Crippen molar-refractivity contribution in [1.29, 1.82) is 0 Å². The maximum absolute atomic E-state index is 12.7. The average molecular weight is 234 g/mol. The number of carbonyl (C=O) groups excluding carboxylic acids is 1. The van der Waals surface area contributed by atoms with Gasteiger partial charge in [-0.05, 0) is 29.8 Å². The molecule has 0 aliphatic heterocycles. The summed E-state index contributed by atoms with van der Waals surface area (Å²) in [6, 6.07) is 10.0. The van der Waals surface area contributed by atoms with Crippen molar-refractivity contribution in [2.24, 2.45) is 0 Å². The molecule has 0 aliphatic carbocycles. The molecule has 0 bridgehead atoms. The minimum Gasteiger partial charge on any atom is -0.293 e. The molecule has 0 N–H and O–H groups in total. The van der Waals surface area contributed by atoms with Gasteiger partial charge in [0.2, 0.25) is 0 Å². The molecule has 1 aromatic heterocycles. The largest absolute Gasteiger partial charge is 0.293 e. The first-order valence-electron chi connectivity index (χ1n) is 5.09. The Morgan fingerprint density at radius 3 is 2.50 bits per heavy atom. The molecule has 1 nitrogen and oxygen atoms in total. The lowest BCUT2D eigenvalue weighted by molar-refractivity contribution is 0.0992. The first kappa shape index (κ1) is 11.0. The average Bonchev–Trinajstić information content (AvgIpc) is 2.78. The predicted octanol–water partition coefficient (Wildman–Crippen LogP) is 4.15. The minimum atomic E-state index is -0.245. The third kappa shape index (κ3) is 2.19. The highest BCUT2D eigenvalue weighted by Gasteiger charge is 2.08. The molecule has 82 valence electrons. The highest BCUT2D eigenvalue weighted by molar-refractivity contribution is 7.17. The van der Waals surface area contributed by atoms with Gasteiger partial charge in [0.15, 0.2) is 5.78 Å². The van der Waals surface area contributed by atoms with Gasteiger partial charge in [-0.3, -0.25) is 4.79 Å². The van der Waals surface area contributed by atoms with Crippen LogP contribution in [0.5, 0.6) is 0 Å². The van der Waals surface area contributed by atoms with Crippen LogP contribution in [0.15, 0.2) is 36.4 Å². The van der Waals surface area contributed by atoms with E-state index in [1.807, 2.05) is 19.1 Å². The Kier molecular flexibility index (Phi) is 3.15. The molecule has 0 fully saturated rings. The summed E-state index contributed by atoms with van der Waals surface area (Å²) >= 11 is 1.45. The summed E-state index contributed by atoms with van der Waals surface area (Å²) in [4.78, 5) is 13.2. The molecule has 2 aromatic rings. The molecule has 0 amide bonds. The Balaban J connectivity index is 2.31. The topological polar surface area (TPSA) is 17.1 Å². The van der Waals surface area contributed by atoms with Crippen molar-refractivity contribution in [2.45, 2.75) is 13.3 Å². The Labute approximate surface area is 97.6 Å². The molecular formula is C13H11FOS. The SMILES string of the molecule is CCC(=O)c1ccc(-c2ccc(F)cc2)s1. The summed E-state index contributed by atoms with van der Waals surface area (Å²) in [5.41, 5.74) is 0.946. The van der Waals surface area contributed by atoms with E-state index >= 15 is 0 Å². The van der Waals surface area contributed by atoms with Crippen molar-refractivity contribution < 1.29 is 9.18 Å². The standard InChI is InChI=1S/C13H11FOS/c1-2-11(15)13-8-7-12(16-13)9-3-5-10(14)6-4-9/h3-8H,2H2,1H3. The fraction of sp³-hybridized carbons (Fsp3) is 0.154. The van der Waals surface area contributed by atoms with Crippen LogP contribution in [-0.2, 0) is 0 Å². The molecule has 0 spiro atoms. The summed E-state index contributed by atoms with van der Waals surface area (Å²) in [6.07, 6.45) is 0.517. The Morgan fingerprint density at radius 1 is 1.19 bits per heavy atom. The second kappa shape index (κ2) is 4.58. The summed E-state index contributed by atoms with van der Waals surface area (Å²) in [5, 5.41) is 0. The van der Waals surface area contributed by atoms with Crippen LogP contribution >= 0.6 is 11.3 Å². The van der Waals surface area contributed by atoms with Crippen LogP contribution in [-0.4, -0.2) is 5.78 Å². The Morgan fingerprint density at radius 2 is 1.88 bits per heavy atom. The molecule has 2 rings (SSSR count). The first-order chi connectivity index (χ1) is 7.70. The molecule has 1 aromatic carbocycles. The van der Waals surface area contributed by atoms with Crippen LogP contribution in [0.3, 0.4) is 0 Å². The van der Waals surface area contributed by atoms with Gasteiger partial charge >= 0.3 is 0 Å². The lowest BCUT2D eigenvalue weighted by Crippen LogP contribution is -1.90. The van der Waals surface area contributed by atoms with Gasteiger partial charge in [0.25, 0.3) is 0 Å². The molecule has 0 saturated carbocycles. The van der Waals surface area contributed by atoms with Crippen molar-refractivity contribution in [3.63, 3.8) is 0 Å². The molecule has 0 radical (unpaired) electrons. The van der Waals surface area contributed by atoms with Crippen LogP contribution in [0.25, 0.3) is 10.4 Å². The monoisotopic (exact) mass is 234 g/mol. The lowest BCUT2D eigenvalue weighted by atomic mass is 10.2. The van der Waals surface area contributed by atoms with Gasteiger partial charge in [0.1, 0.15) is 5.82 Å². The van der Waals surface area contributed by atoms with E-state index in [-0.39, 0.29) is 11.6 Å². The van der Waals surface area contributed by atoms with Gasteiger partial charge < -0.3 is 0 Å². The van der Waals surface area contributed by atoms with Crippen molar-refractivity contribution in [3.05, 3.63) is 47.1 Å². The summed E-state index contributed by atoms with van der Waals surface area (Å²) in [7, 11) is 0. The molecular weight excluding hydrogens is 223 g/mol.